The van der Waals surface area contributed by atoms with Gasteiger partial charge in [0.05, 0.1) is 17.6 Å². The predicted octanol–water partition coefficient (Wildman–Crippen LogP) is 3.51. The maximum absolute atomic E-state index is 12.6. The normalized spacial score (nSPS) is 17.4. The number of anilines is 1. The van der Waals surface area contributed by atoms with Gasteiger partial charge >= 0.3 is 0 Å². The van der Waals surface area contributed by atoms with Crippen molar-refractivity contribution in [3.8, 4) is 0 Å². The highest BCUT2D eigenvalue weighted by molar-refractivity contribution is 5.96. The van der Waals surface area contributed by atoms with Gasteiger partial charge in [0, 0.05) is 38.2 Å². The summed E-state index contributed by atoms with van der Waals surface area (Å²) >= 11 is 0. The number of carbonyl (C=O) groups excluding carboxylic acids is 1. The standard InChI is InChI=1S/C21H23N3O2/c1-15-7-9-17(10-8-15)24-14-16(13-20(24)25)21-22-18-5-3-4-6-19(18)23(21)11-12-26-2/h3-10,16H,11-14H2,1-2H3. The summed E-state index contributed by atoms with van der Waals surface area (Å²) in [6.45, 7) is 4.08. The molecule has 0 radical (unpaired) electrons. The third-order valence-corrected chi connectivity index (χ3v) is 5.04. The molecule has 1 fully saturated rings. The van der Waals surface area contributed by atoms with Crippen LogP contribution in [0.5, 0.6) is 0 Å². The van der Waals surface area contributed by atoms with Gasteiger partial charge in [-0.3, -0.25) is 4.79 Å². The molecule has 1 amide bonds. The van der Waals surface area contributed by atoms with E-state index in [4.69, 9.17) is 9.72 Å². The van der Waals surface area contributed by atoms with Gasteiger partial charge in [-0.15, -0.1) is 0 Å². The summed E-state index contributed by atoms with van der Waals surface area (Å²) in [6, 6.07) is 16.3. The topological polar surface area (TPSA) is 47.4 Å². The SMILES string of the molecule is COCCn1c(C2CC(=O)N(c3ccc(C)cc3)C2)nc2ccccc21. The number of benzene rings is 2. The predicted molar refractivity (Wildman–Crippen MR) is 102 cm³/mol. The summed E-state index contributed by atoms with van der Waals surface area (Å²) in [5.41, 5.74) is 4.22. The Balaban J connectivity index is 1.67. The van der Waals surface area contributed by atoms with E-state index in [1.807, 2.05) is 47.4 Å². The molecular formula is C21H23N3O2. The third kappa shape index (κ3) is 2.99. The lowest BCUT2D eigenvalue weighted by molar-refractivity contribution is -0.117. The number of fused-ring (bicyclic) bond motifs is 1. The molecule has 1 aliphatic heterocycles. The smallest absolute Gasteiger partial charge is 0.227 e. The number of para-hydroxylation sites is 2. The zero-order chi connectivity index (χ0) is 18.1. The van der Waals surface area contributed by atoms with Gasteiger partial charge in [-0.25, -0.2) is 4.98 Å². The van der Waals surface area contributed by atoms with Crippen LogP contribution >= 0.6 is 0 Å². The molecule has 1 aliphatic rings. The molecule has 2 aromatic carbocycles. The number of methoxy groups -OCH3 is 1. The molecule has 134 valence electrons. The Kier molecular flexibility index (Phi) is 4.47. The largest absolute Gasteiger partial charge is 0.383 e. The number of rotatable bonds is 5. The number of hydrogen-bond acceptors (Lipinski definition) is 3. The van der Waals surface area contributed by atoms with Crippen LogP contribution in [-0.4, -0.2) is 35.7 Å². The van der Waals surface area contributed by atoms with Crippen LogP contribution in [0.25, 0.3) is 11.0 Å². The molecule has 4 rings (SSSR count). The van der Waals surface area contributed by atoms with Gasteiger partial charge in [0.25, 0.3) is 0 Å². The molecule has 1 saturated heterocycles. The van der Waals surface area contributed by atoms with E-state index in [-0.39, 0.29) is 11.8 Å². The summed E-state index contributed by atoms with van der Waals surface area (Å²) < 4.78 is 7.48. The molecule has 0 spiro atoms. The molecule has 1 atom stereocenters. The molecule has 1 unspecified atom stereocenters. The first-order chi connectivity index (χ1) is 12.7. The Morgan fingerprint density at radius 2 is 1.92 bits per heavy atom. The van der Waals surface area contributed by atoms with Crippen molar-refractivity contribution < 1.29 is 9.53 Å². The summed E-state index contributed by atoms with van der Waals surface area (Å²) in [6.07, 6.45) is 0.490. The second kappa shape index (κ2) is 6.92. The fourth-order valence-corrected chi connectivity index (χ4v) is 3.68. The minimum absolute atomic E-state index is 0.0908. The average Bonchev–Trinajstić information content (AvgIpc) is 3.21. The third-order valence-electron chi connectivity index (χ3n) is 5.04. The maximum atomic E-state index is 12.6. The van der Waals surface area contributed by atoms with Gasteiger partial charge in [-0.1, -0.05) is 29.8 Å². The number of aromatic nitrogens is 2. The van der Waals surface area contributed by atoms with E-state index in [1.165, 1.54) is 5.56 Å². The molecule has 5 heteroatoms. The first-order valence-electron chi connectivity index (χ1n) is 8.98. The monoisotopic (exact) mass is 349 g/mol. The molecular weight excluding hydrogens is 326 g/mol. The van der Waals surface area contributed by atoms with E-state index in [9.17, 15) is 4.79 Å². The number of ether oxygens (including phenoxy) is 1. The lowest BCUT2D eigenvalue weighted by Crippen LogP contribution is -2.24. The lowest BCUT2D eigenvalue weighted by atomic mass is 10.1. The highest BCUT2D eigenvalue weighted by Gasteiger charge is 2.34. The van der Waals surface area contributed by atoms with Crippen molar-refractivity contribution in [1.29, 1.82) is 0 Å². The Morgan fingerprint density at radius 1 is 1.15 bits per heavy atom. The van der Waals surface area contributed by atoms with E-state index < -0.39 is 0 Å². The zero-order valence-corrected chi connectivity index (χ0v) is 15.2. The van der Waals surface area contributed by atoms with Gasteiger partial charge < -0.3 is 14.2 Å². The van der Waals surface area contributed by atoms with Crippen LogP contribution in [0, 0.1) is 6.92 Å². The summed E-state index contributed by atoms with van der Waals surface area (Å²) in [5.74, 6) is 1.23. The quantitative estimate of drug-likeness (QED) is 0.708. The minimum atomic E-state index is 0.0908. The fraction of sp³-hybridized carbons (Fsp3) is 0.333. The van der Waals surface area contributed by atoms with Crippen molar-refractivity contribution in [2.24, 2.45) is 0 Å². The number of carbonyl (C=O) groups is 1. The van der Waals surface area contributed by atoms with Crippen LogP contribution in [0.1, 0.15) is 23.7 Å². The molecule has 0 saturated carbocycles. The molecule has 0 bridgehead atoms. The zero-order valence-electron chi connectivity index (χ0n) is 15.2. The first-order valence-corrected chi connectivity index (χ1v) is 8.98. The summed E-state index contributed by atoms with van der Waals surface area (Å²) in [7, 11) is 1.71. The van der Waals surface area contributed by atoms with Crippen LogP contribution in [0.2, 0.25) is 0 Å². The number of hydrogen-bond donors (Lipinski definition) is 0. The highest BCUT2D eigenvalue weighted by Crippen LogP contribution is 2.33. The van der Waals surface area contributed by atoms with E-state index in [0.29, 0.717) is 19.6 Å². The summed E-state index contributed by atoms with van der Waals surface area (Å²) in [5, 5.41) is 0. The fourth-order valence-electron chi connectivity index (χ4n) is 3.68. The van der Waals surface area contributed by atoms with Crippen molar-refractivity contribution in [3.05, 3.63) is 59.9 Å². The van der Waals surface area contributed by atoms with Gasteiger partial charge in [0.1, 0.15) is 5.82 Å². The van der Waals surface area contributed by atoms with Crippen LogP contribution in [-0.2, 0) is 16.1 Å². The second-order valence-corrected chi connectivity index (χ2v) is 6.84. The number of aryl methyl sites for hydroxylation is 1. The number of imidazole rings is 1. The van der Waals surface area contributed by atoms with E-state index in [0.717, 1.165) is 29.1 Å². The summed E-state index contributed by atoms with van der Waals surface area (Å²) in [4.78, 5) is 19.4. The van der Waals surface area contributed by atoms with Crippen molar-refractivity contribution in [1.82, 2.24) is 9.55 Å². The molecule has 0 N–H and O–H groups in total. The van der Waals surface area contributed by atoms with Gasteiger partial charge in [-0.2, -0.15) is 0 Å². The maximum Gasteiger partial charge on any atom is 0.227 e. The van der Waals surface area contributed by atoms with Crippen LogP contribution in [0.15, 0.2) is 48.5 Å². The lowest BCUT2D eigenvalue weighted by Gasteiger charge is -2.17. The highest BCUT2D eigenvalue weighted by atomic mass is 16.5. The van der Waals surface area contributed by atoms with Gasteiger partial charge in [0.2, 0.25) is 5.91 Å². The van der Waals surface area contributed by atoms with E-state index >= 15 is 0 Å². The Bertz CT molecular complexity index is 930. The van der Waals surface area contributed by atoms with Crippen molar-refractivity contribution >= 4 is 22.6 Å². The minimum Gasteiger partial charge on any atom is -0.383 e. The van der Waals surface area contributed by atoms with Crippen molar-refractivity contribution in [3.63, 3.8) is 0 Å². The molecule has 3 aromatic rings. The first kappa shape index (κ1) is 16.8. The molecule has 0 aliphatic carbocycles. The van der Waals surface area contributed by atoms with Crippen LogP contribution in [0.4, 0.5) is 5.69 Å². The number of nitrogens with zero attached hydrogens (tertiary/aromatic N) is 3. The van der Waals surface area contributed by atoms with Crippen molar-refractivity contribution in [2.75, 3.05) is 25.2 Å². The Hall–Kier alpha value is -2.66. The van der Waals surface area contributed by atoms with Crippen molar-refractivity contribution in [2.45, 2.75) is 25.8 Å². The van der Waals surface area contributed by atoms with E-state index in [1.54, 1.807) is 7.11 Å². The van der Waals surface area contributed by atoms with Gasteiger partial charge in [-0.05, 0) is 31.2 Å². The molecule has 1 aromatic heterocycles. The average molecular weight is 349 g/mol. The van der Waals surface area contributed by atoms with Gasteiger partial charge in [0.15, 0.2) is 0 Å². The Labute approximate surface area is 153 Å². The molecule has 5 nitrogen and oxygen atoms in total. The van der Waals surface area contributed by atoms with E-state index in [2.05, 4.69) is 17.6 Å². The Morgan fingerprint density at radius 3 is 2.69 bits per heavy atom. The molecule has 26 heavy (non-hydrogen) atoms. The number of amides is 1. The van der Waals surface area contributed by atoms with Crippen LogP contribution in [0.3, 0.4) is 0 Å². The molecule has 2 heterocycles. The second-order valence-electron chi connectivity index (χ2n) is 6.84. The van der Waals surface area contributed by atoms with Crippen LogP contribution < -0.4 is 4.90 Å².